The van der Waals surface area contributed by atoms with Gasteiger partial charge in [-0.1, -0.05) is 48.5 Å². The number of rotatable bonds is 8. The van der Waals surface area contributed by atoms with E-state index in [4.69, 9.17) is 4.74 Å². The average Bonchev–Trinajstić information content (AvgIpc) is 2.87. The molecule has 0 unspecified atom stereocenters. The fourth-order valence-electron chi connectivity index (χ4n) is 3.56. The molecule has 0 aromatic heterocycles. The predicted octanol–water partition coefficient (Wildman–Crippen LogP) is 2.32. The number of piperazine rings is 1. The summed E-state index contributed by atoms with van der Waals surface area (Å²) in [6, 6.07) is 23.0. The lowest BCUT2D eigenvalue weighted by Crippen LogP contribution is -2.49. The van der Waals surface area contributed by atoms with E-state index in [-0.39, 0.29) is 48.5 Å². The number of benzene rings is 3. The minimum absolute atomic E-state index is 0.0186. The van der Waals surface area contributed by atoms with Crippen LogP contribution in [0, 0.1) is 0 Å². The number of sulfonamides is 1. The lowest BCUT2D eigenvalue weighted by Gasteiger charge is -2.26. The van der Waals surface area contributed by atoms with Gasteiger partial charge in [-0.3, -0.25) is 9.59 Å². The molecule has 0 saturated carbocycles. The first kappa shape index (κ1) is 23.5. The number of hydrogen-bond donors (Lipinski definition) is 2. The minimum Gasteiger partial charge on any atom is -0.489 e. The Morgan fingerprint density at radius 3 is 2.53 bits per heavy atom. The first-order valence-corrected chi connectivity index (χ1v) is 12.3. The van der Waals surface area contributed by atoms with Crippen LogP contribution in [0.15, 0.2) is 83.8 Å². The molecule has 0 atom stereocenters. The van der Waals surface area contributed by atoms with E-state index in [1.54, 1.807) is 6.07 Å². The Balaban J connectivity index is 1.38. The van der Waals surface area contributed by atoms with Gasteiger partial charge in [-0.15, -0.1) is 0 Å². The molecule has 0 radical (unpaired) electrons. The summed E-state index contributed by atoms with van der Waals surface area (Å²) >= 11 is 0. The van der Waals surface area contributed by atoms with Gasteiger partial charge in [-0.05, 0) is 41.5 Å². The van der Waals surface area contributed by atoms with Crippen molar-refractivity contribution in [1.82, 2.24) is 14.9 Å². The van der Waals surface area contributed by atoms with E-state index in [2.05, 4.69) is 10.6 Å². The van der Waals surface area contributed by atoms with Gasteiger partial charge >= 0.3 is 0 Å². The minimum atomic E-state index is -3.87. The van der Waals surface area contributed by atoms with E-state index < -0.39 is 10.0 Å². The van der Waals surface area contributed by atoms with Gasteiger partial charge in [0.25, 0.3) is 5.91 Å². The smallest absolute Gasteiger partial charge is 0.251 e. The largest absolute Gasteiger partial charge is 0.489 e. The van der Waals surface area contributed by atoms with Crippen molar-refractivity contribution in [3.63, 3.8) is 0 Å². The van der Waals surface area contributed by atoms with Crippen LogP contribution in [0.4, 0.5) is 0 Å². The molecule has 34 heavy (non-hydrogen) atoms. The lowest BCUT2D eigenvalue weighted by atomic mass is 10.1. The van der Waals surface area contributed by atoms with Crippen molar-refractivity contribution >= 4 is 21.8 Å². The van der Waals surface area contributed by atoms with Crippen molar-refractivity contribution in [3.05, 3.63) is 95.6 Å². The zero-order valence-corrected chi connectivity index (χ0v) is 19.3. The zero-order valence-electron chi connectivity index (χ0n) is 18.4. The maximum absolute atomic E-state index is 12.9. The Labute approximate surface area is 198 Å². The molecule has 3 aromatic carbocycles. The topological polar surface area (TPSA) is 105 Å². The highest BCUT2D eigenvalue weighted by Crippen LogP contribution is 2.18. The van der Waals surface area contributed by atoms with Crippen LogP contribution < -0.4 is 15.4 Å². The van der Waals surface area contributed by atoms with Gasteiger partial charge in [0, 0.05) is 25.2 Å². The molecule has 8 nitrogen and oxygen atoms in total. The quantitative estimate of drug-likeness (QED) is 0.516. The van der Waals surface area contributed by atoms with Crippen molar-refractivity contribution in [2.45, 2.75) is 18.0 Å². The third-order valence-corrected chi connectivity index (χ3v) is 7.17. The molecule has 9 heteroatoms. The fraction of sp³-hybridized carbons (Fsp3) is 0.200. The van der Waals surface area contributed by atoms with Gasteiger partial charge in [0.1, 0.15) is 12.4 Å². The third kappa shape index (κ3) is 5.81. The Bertz CT molecular complexity index is 1280. The summed E-state index contributed by atoms with van der Waals surface area (Å²) in [5.74, 6) is 0.0423. The Morgan fingerprint density at radius 1 is 0.971 bits per heavy atom. The van der Waals surface area contributed by atoms with E-state index in [0.29, 0.717) is 6.61 Å². The molecule has 3 aromatic rings. The Hall–Kier alpha value is -3.69. The number of carbonyl (C=O) groups is 2. The van der Waals surface area contributed by atoms with Crippen molar-refractivity contribution in [2.75, 3.05) is 19.6 Å². The summed E-state index contributed by atoms with van der Waals surface area (Å²) in [7, 11) is -3.87. The summed E-state index contributed by atoms with van der Waals surface area (Å²) in [5.41, 5.74) is 2.09. The second-order valence-corrected chi connectivity index (χ2v) is 9.76. The monoisotopic (exact) mass is 479 g/mol. The highest BCUT2D eigenvalue weighted by atomic mass is 32.2. The van der Waals surface area contributed by atoms with Crippen LogP contribution in [0.3, 0.4) is 0 Å². The molecule has 176 valence electrons. The van der Waals surface area contributed by atoms with Crippen LogP contribution in [0.5, 0.6) is 5.75 Å². The number of ether oxygens (including phenoxy) is 1. The number of hydrogen-bond acceptors (Lipinski definition) is 5. The van der Waals surface area contributed by atoms with Gasteiger partial charge in [0.15, 0.2) is 0 Å². The van der Waals surface area contributed by atoms with E-state index in [0.717, 1.165) is 21.2 Å². The first-order valence-electron chi connectivity index (χ1n) is 10.8. The molecule has 0 spiro atoms. The maximum Gasteiger partial charge on any atom is 0.251 e. The van der Waals surface area contributed by atoms with Crippen molar-refractivity contribution in [2.24, 2.45) is 0 Å². The molecular formula is C25H25N3O5S. The molecule has 0 bridgehead atoms. The van der Waals surface area contributed by atoms with Crippen LogP contribution in [0.1, 0.15) is 21.5 Å². The van der Waals surface area contributed by atoms with E-state index in [1.165, 1.54) is 18.2 Å². The van der Waals surface area contributed by atoms with Crippen molar-refractivity contribution < 1.29 is 22.7 Å². The summed E-state index contributed by atoms with van der Waals surface area (Å²) in [6.07, 6.45) is 0. The average molecular weight is 480 g/mol. The van der Waals surface area contributed by atoms with Crippen LogP contribution in [-0.4, -0.2) is 44.2 Å². The number of carbonyl (C=O) groups excluding carboxylic acids is 2. The Morgan fingerprint density at radius 2 is 1.74 bits per heavy atom. The van der Waals surface area contributed by atoms with Gasteiger partial charge in [0.05, 0.1) is 11.4 Å². The number of nitrogens with zero attached hydrogens (tertiary/aromatic N) is 1. The van der Waals surface area contributed by atoms with Crippen LogP contribution in [0.2, 0.25) is 0 Å². The molecular weight excluding hydrogens is 454 g/mol. The van der Waals surface area contributed by atoms with Gasteiger partial charge in [-0.25, -0.2) is 8.42 Å². The molecule has 1 heterocycles. The highest BCUT2D eigenvalue weighted by molar-refractivity contribution is 7.89. The summed E-state index contributed by atoms with van der Waals surface area (Å²) in [5, 5.41) is 5.43. The number of amides is 2. The molecule has 2 N–H and O–H groups in total. The van der Waals surface area contributed by atoms with E-state index in [1.807, 2.05) is 54.6 Å². The first-order chi connectivity index (χ1) is 16.4. The van der Waals surface area contributed by atoms with Crippen molar-refractivity contribution in [3.8, 4) is 5.75 Å². The van der Waals surface area contributed by atoms with Crippen LogP contribution in [0.25, 0.3) is 0 Å². The standard InChI is InChI=1S/C25H25N3O5S/c29-24-17-28(13-12-26-24)34(31,32)23-11-5-8-21(15-23)25(30)27-16-19-6-4-7-20(14-19)18-33-22-9-2-1-3-10-22/h1-11,14-15H,12-13,16-18H2,(H,26,29)(H,27,30). The maximum atomic E-state index is 12.9. The number of nitrogens with one attached hydrogen (secondary N) is 2. The predicted molar refractivity (Wildman–Crippen MR) is 127 cm³/mol. The van der Waals surface area contributed by atoms with Crippen LogP contribution in [-0.2, 0) is 28.0 Å². The zero-order chi connectivity index (χ0) is 24.0. The third-order valence-electron chi connectivity index (χ3n) is 5.33. The summed E-state index contributed by atoms with van der Waals surface area (Å²) in [6.45, 7) is 0.896. The molecule has 4 rings (SSSR count). The second-order valence-electron chi connectivity index (χ2n) is 7.82. The summed E-state index contributed by atoms with van der Waals surface area (Å²) in [4.78, 5) is 24.3. The van der Waals surface area contributed by atoms with Crippen molar-refractivity contribution in [1.29, 1.82) is 0 Å². The van der Waals surface area contributed by atoms with E-state index in [9.17, 15) is 18.0 Å². The Kier molecular flexibility index (Phi) is 7.24. The molecule has 1 aliphatic rings. The lowest BCUT2D eigenvalue weighted by molar-refractivity contribution is -0.122. The summed E-state index contributed by atoms with van der Waals surface area (Å²) < 4.78 is 32.7. The number of para-hydroxylation sites is 1. The molecule has 2 amide bonds. The normalized spacial score (nSPS) is 14.3. The van der Waals surface area contributed by atoms with Gasteiger partial charge in [0.2, 0.25) is 15.9 Å². The van der Waals surface area contributed by atoms with Gasteiger partial charge in [-0.2, -0.15) is 4.31 Å². The highest BCUT2D eigenvalue weighted by Gasteiger charge is 2.29. The molecule has 0 aliphatic carbocycles. The fourth-order valence-corrected chi connectivity index (χ4v) is 5.01. The molecule has 1 fully saturated rings. The van der Waals surface area contributed by atoms with E-state index >= 15 is 0 Å². The molecule has 1 aliphatic heterocycles. The second kappa shape index (κ2) is 10.5. The molecule has 1 saturated heterocycles. The van der Waals surface area contributed by atoms with Gasteiger partial charge < -0.3 is 15.4 Å². The van der Waals surface area contributed by atoms with Crippen LogP contribution >= 0.6 is 0 Å². The SMILES string of the molecule is O=C1CN(S(=O)(=O)c2cccc(C(=O)NCc3cccc(COc4ccccc4)c3)c2)CCN1.